The van der Waals surface area contributed by atoms with Crippen LogP contribution in [0.5, 0.6) is 0 Å². The van der Waals surface area contributed by atoms with Crippen molar-refractivity contribution in [2.45, 2.75) is 6.92 Å². The highest BCUT2D eigenvalue weighted by Crippen LogP contribution is 2.12. The third kappa shape index (κ3) is 2.95. The Hall–Kier alpha value is -2.14. The van der Waals surface area contributed by atoms with E-state index in [4.69, 9.17) is 5.11 Å². The van der Waals surface area contributed by atoms with Gasteiger partial charge in [0.1, 0.15) is 0 Å². The van der Waals surface area contributed by atoms with Gasteiger partial charge in [0.15, 0.2) is 0 Å². The summed E-state index contributed by atoms with van der Waals surface area (Å²) in [6.07, 6.45) is 0. The van der Waals surface area contributed by atoms with Gasteiger partial charge in [-0.25, -0.2) is 4.79 Å². The molecule has 5 heteroatoms. The zero-order chi connectivity index (χ0) is 13.0. The number of anilines is 1. The van der Waals surface area contributed by atoms with E-state index in [9.17, 15) is 4.79 Å². The van der Waals surface area contributed by atoms with Crippen molar-refractivity contribution in [2.75, 3.05) is 5.43 Å². The minimum Gasteiger partial charge on any atom is -0.478 e. The van der Waals surface area contributed by atoms with Gasteiger partial charge in [-0.1, -0.05) is 6.07 Å². The molecule has 0 radical (unpaired) electrons. The number of nitrogens with zero attached hydrogens (tertiary/aromatic N) is 1. The van der Waals surface area contributed by atoms with E-state index < -0.39 is 5.97 Å². The second-order valence-electron chi connectivity index (χ2n) is 3.67. The van der Waals surface area contributed by atoms with E-state index in [-0.39, 0.29) is 5.56 Å². The van der Waals surface area contributed by atoms with Crippen LogP contribution in [0.2, 0.25) is 0 Å². The van der Waals surface area contributed by atoms with Gasteiger partial charge in [-0.2, -0.15) is 5.10 Å². The molecule has 4 nitrogen and oxygen atoms in total. The first-order valence-electron chi connectivity index (χ1n) is 5.34. The standard InChI is InChI=1S/C13H12N2O2S/c1-9(12-3-2-8-18-12)14-15-11-6-4-10(5-7-11)13(16)17/h2-8,15H,1H3,(H,16,17). The van der Waals surface area contributed by atoms with E-state index in [1.807, 2.05) is 24.4 Å². The summed E-state index contributed by atoms with van der Waals surface area (Å²) in [5.74, 6) is -0.931. The number of hydrogen-bond acceptors (Lipinski definition) is 4. The molecule has 0 fully saturated rings. The number of benzene rings is 1. The number of carboxylic acids is 1. The second-order valence-corrected chi connectivity index (χ2v) is 4.62. The number of carbonyl (C=O) groups is 1. The topological polar surface area (TPSA) is 61.7 Å². The highest BCUT2D eigenvalue weighted by molar-refractivity contribution is 7.12. The summed E-state index contributed by atoms with van der Waals surface area (Å²) in [7, 11) is 0. The average molecular weight is 260 g/mol. The Bertz CT molecular complexity index is 559. The molecule has 0 aliphatic carbocycles. The van der Waals surface area contributed by atoms with Gasteiger partial charge in [-0.15, -0.1) is 11.3 Å². The lowest BCUT2D eigenvalue weighted by Gasteiger charge is -2.02. The molecule has 2 N–H and O–H groups in total. The van der Waals surface area contributed by atoms with Crippen molar-refractivity contribution in [3.05, 3.63) is 52.2 Å². The van der Waals surface area contributed by atoms with Gasteiger partial charge in [0.2, 0.25) is 0 Å². The Morgan fingerprint density at radius 3 is 2.56 bits per heavy atom. The number of hydrogen-bond donors (Lipinski definition) is 2. The summed E-state index contributed by atoms with van der Waals surface area (Å²) < 4.78 is 0. The molecule has 1 heterocycles. The Morgan fingerprint density at radius 1 is 1.28 bits per heavy atom. The Morgan fingerprint density at radius 2 is 2.00 bits per heavy atom. The monoisotopic (exact) mass is 260 g/mol. The lowest BCUT2D eigenvalue weighted by atomic mass is 10.2. The van der Waals surface area contributed by atoms with Crippen LogP contribution in [-0.4, -0.2) is 16.8 Å². The van der Waals surface area contributed by atoms with E-state index in [1.165, 1.54) is 0 Å². The van der Waals surface area contributed by atoms with Gasteiger partial charge in [0.25, 0.3) is 0 Å². The van der Waals surface area contributed by atoms with Gasteiger partial charge in [0, 0.05) is 4.88 Å². The molecule has 18 heavy (non-hydrogen) atoms. The zero-order valence-corrected chi connectivity index (χ0v) is 10.6. The van der Waals surface area contributed by atoms with Gasteiger partial charge in [-0.05, 0) is 42.6 Å². The minimum absolute atomic E-state index is 0.263. The molecule has 1 aromatic heterocycles. The van der Waals surface area contributed by atoms with E-state index in [1.54, 1.807) is 35.6 Å². The largest absolute Gasteiger partial charge is 0.478 e. The van der Waals surface area contributed by atoms with Crippen molar-refractivity contribution in [3.8, 4) is 0 Å². The van der Waals surface area contributed by atoms with Crippen molar-refractivity contribution in [1.82, 2.24) is 0 Å². The van der Waals surface area contributed by atoms with E-state index in [2.05, 4.69) is 10.5 Å². The predicted molar refractivity (Wildman–Crippen MR) is 73.6 cm³/mol. The number of hydrazone groups is 1. The molecule has 0 saturated carbocycles. The first-order valence-corrected chi connectivity index (χ1v) is 6.22. The molecular formula is C13H12N2O2S. The fourth-order valence-electron chi connectivity index (χ4n) is 1.38. The first-order chi connectivity index (χ1) is 8.66. The quantitative estimate of drug-likeness (QED) is 0.655. The van der Waals surface area contributed by atoms with Crippen LogP contribution in [-0.2, 0) is 0 Å². The normalized spacial score (nSPS) is 11.3. The number of aromatic carboxylic acids is 1. The summed E-state index contributed by atoms with van der Waals surface area (Å²) >= 11 is 1.62. The van der Waals surface area contributed by atoms with Crippen molar-refractivity contribution >= 4 is 28.7 Å². The fraction of sp³-hybridized carbons (Fsp3) is 0.0769. The van der Waals surface area contributed by atoms with E-state index >= 15 is 0 Å². The summed E-state index contributed by atoms with van der Waals surface area (Å²) in [5.41, 5.74) is 4.82. The van der Waals surface area contributed by atoms with Crippen molar-refractivity contribution in [2.24, 2.45) is 5.10 Å². The molecule has 0 unspecified atom stereocenters. The molecule has 2 aromatic rings. The predicted octanol–water partition coefficient (Wildman–Crippen LogP) is 3.28. The molecule has 0 aliphatic heterocycles. The summed E-state index contributed by atoms with van der Waals surface area (Å²) in [6, 6.07) is 10.4. The van der Waals surface area contributed by atoms with Gasteiger partial charge in [0.05, 0.1) is 17.0 Å². The van der Waals surface area contributed by atoms with Crippen LogP contribution in [0.4, 0.5) is 5.69 Å². The Labute approximate surface area is 109 Å². The molecule has 0 amide bonds. The van der Waals surface area contributed by atoms with Crippen LogP contribution in [0.25, 0.3) is 0 Å². The third-order valence-corrected chi connectivity index (χ3v) is 3.34. The SMILES string of the molecule is CC(=NNc1ccc(C(=O)O)cc1)c1cccs1. The van der Waals surface area contributed by atoms with Crippen LogP contribution in [0, 0.1) is 0 Å². The van der Waals surface area contributed by atoms with Gasteiger partial charge in [-0.3, -0.25) is 5.43 Å². The van der Waals surface area contributed by atoms with Crippen LogP contribution in [0.15, 0.2) is 46.9 Å². The summed E-state index contributed by atoms with van der Waals surface area (Å²) in [5, 5.41) is 15.0. The molecule has 2 rings (SSSR count). The molecular weight excluding hydrogens is 248 g/mol. The Kier molecular flexibility index (Phi) is 3.74. The first kappa shape index (κ1) is 12.3. The fourth-order valence-corrected chi connectivity index (χ4v) is 2.05. The molecule has 92 valence electrons. The van der Waals surface area contributed by atoms with Crippen LogP contribution < -0.4 is 5.43 Å². The highest BCUT2D eigenvalue weighted by Gasteiger charge is 2.01. The van der Waals surface area contributed by atoms with Crippen molar-refractivity contribution in [3.63, 3.8) is 0 Å². The maximum absolute atomic E-state index is 10.7. The molecule has 0 spiro atoms. The maximum atomic E-state index is 10.7. The summed E-state index contributed by atoms with van der Waals surface area (Å²) in [6.45, 7) is 1.92. The maximum Gasteiger partial charge on any atom is 0.335 e. The minimum atomic E-state index is -0.931. The number of rotatable bonds is 4. The number of nitrogens with one attached hydrogen (secondary N) is 1. The third-order valence-electron chi connectivity index (χ3n) is 2.36. The average Bonchev–Trinajstić information content (AvgIpc) is 2.90. The number of thiophene rings is 1. The second kappa shape index (κ2) is 5.46. The molecule has 0 aliphatic rings. The summed E-state index contributed by atoms with van der Waals surface area (Å²) in [4.78, 5) is 11.8. The lowest BCUT2D eigenvalue weighted by Crippen LogP contribution is -1.99. The van der Waals surface area contributed by atoms with Crippen LogP contribution in [0.1, 0.15) is 22.2 Å². The highest BCUT2D eigenvalue weighted by atomic mass is 32.1. The molecule has 0 saturated heterocycles. The van der Waals surface area contributed by atoms with Gasteiger partial charge >= 0.3 is 5.97 Å². The van der Waals surface area contributed by atoms with Crippen LogP contribution in [0.3, 0.4) is 0 Å². The van der Waals surface area contributed by atoms with Gasteiger partial charge < -0.3 is 5.11 Å². The van der Waals surface area contributed by atoms with E-state index in [0.717, 1.165) is 16.3 Å². The lowest BCUT2D eigenvalue weighted by molar-refractivity contribution is 0.0697. The van der Waals surface area contributed by atoms with Crippen molar-refractivity contribution in [1.29, 1.82) is 0 Å². The zero-order valence-electron chi connectivity index (χ0n) is 9.75. The van der Waals surface area contributed by atoms with E-state index in [0.29, 0.717) is 0 Å². The number of carboxylic acid groups (broad SMARTS) is 1. The molecule has 1 aromatic carbocycles. The van der Waals surface area contributed by atoms with Crippen molar-refractivity contribution < 1.29 is 9.90 Å². The Balaban J connectivity index is 2.06. The smallest absolute Gasteiger partial charge is 0.335 e. The van der Waals surface area contributed by atoms with Crippen LogP contribution >= 0.6 is 11.3 Å². The molecule has 0 atom stereocenters. The molecule has 0 bridgehead atoms.